The van der Waals surface area contributed by atoms with Crippen molar-refractivity contribution in [3.05, 3.63) is 109 Å². The van der Waals surface area contributed by atoms with E-state index in [4.69, 9.17) is 4.74 Å². The summed E-state index contributed by atoms with van der Waals surface area (Å²) in [6, 6.07) is 38.7. The predicted molar refractivity (Wildman–Crippen MR) is 136 cm³/mol. The van der Waals surface area contributed by atoms with Crippen LogP contribution in [0.1, 0.15) is 0 Å². The average molecular weight is 427 g/mol. The first-order chi connectivity index (χ1) is 15.9. The van der Waals surface area contributed by atoms with Crippen molar-refractivity contribution >= 4 is 32.9 Å². The Balaban J connectivity index is 1.61. The van der Waals surface area contributed by atoms with Crippen LogP contribution in [-0.2, 0) is 0 Å². The molecule has 1 aliphatic heterocycles. The Morgan fingerprint density at radius 2 is 1.22 bits per heavy atom. The largest absolute Gasteiger partial charge is 0.456 e. The van der Waals surface area contributed by atoms with E-state index in [1.807, 2.05) is 17.4 Å². The molecule has 0 N–H and O–H groups in total. The van der Waals surface area contributed by atoms with Crippen LogP contribution >= 0.6 is 11.3 Å². The van der Waals surface area contributed by atoms with E-state index in [9.17, 15) is 0 Å². The van der Waals surface area contributed by atoms with Crippen LogP contribution in [0.25, 0.3) is 53.6 Å². The van der Waals surface area contributed by atoms with Crippen molar-refractivity contribution in [2.75, 3.05) is 0 Å². The van der Waals surface area contributed by atoms with Crippen molar-refractivity contribution in [1.82, 2.24) is 0 Å². The molecule has 0 saturated heterocycles. The number of thiophene rings is 1. The first-order valence-electron chi connectivity index (χ1n) is 10.8. The zero-order valence-electron chi connectivity index (χ0n) is 17.2. The summed E-state index contributed by atoms with van der Waals surface area (Å²) in [4.78, 5) is 2.62. The zero-order chi connectivity index (χ0) is 21.1. The summed E-state index contributed by atoms with van der Waals surface area (Å²) in [5.41, 5.74) is 4.96. The van der Waals surface area contributed by atoms with Gasteiger partial charge in [-0.15, -0.1) is 11.3 Å². The quantitative estimate of drug-likeness (QED) is 0.268. The van der Waals surface area contributed by atoms with Crippen molar-refractivity contribution in [1.29, 1.82) is 0 Å². The Morgan fingerprint density at radius 1 is 0.500 bits per heavy atom. The second kappa shape index (κ2) is 6.81. The van der Waals surface area contributed by atoms with Crippen molar-refractivity contribution in [3.8, 4) is 43.5 Å². The van der Waals surface area contributed by atoms with Gasteiger partial charge in [-0.05, 0) is 23.1 Å². The highest BCUT2D eigenvalue weighted by Crippen LogP contribution is 2.53. The molecule has 0 saturated carbocycles. The van der Waals surface area contributed by atoms with Crippen LogP contribution in [0, 0.1) is 0 Å². The molecule has 0 fully saturated rings. The van der Waals surface area contributed by atoms with E-state index in [2.05, 4.69) is 103 Å². The Bertz CT molecular complexity index is 1640. The van der Waals surface area contributed by atoms with E-state index in [1.165, 1.54) is 48.0 Å². The lowest BCUT2D eigenvalue weighted by Gasteiger charge is -2.23. The zero-order valence-corrected chi connectivity index (χ0v) is 18.0. The lowest BCUT2D eigenvalue weighted by molar-refractivity contribution is 0.487. The Kier molecular flexibility index (Phi) is 3.78. The standard InChI is InChI=1S/C30H18OS/c1-2-9-20(10-3-1)29-21-12-4-5-13-22(21)30(32-29)24-18-17-19-11-8-16-26-27(19)28(24)23-14-6-7-15-25(23)31-26/h1-18H. The van der Waals surface area contributed by atoms with Gasteiger partial charge in [0.05, 0.1) is 0 Å². The third kappa shape index (κ3) is 2.50. The number of ether oxygens (including phenoxy) is 1. The minimum absolute atomic E-state index is 0.920. The van der Waals surface area contributed by atoms with Crippen molar-refractivity contribution in [2.24, 2.45) is 0 Å². The summed E-state index contributed by atoms with van der Waals surface area (Å²) in [5.74, 6) is 1.85. The van der Waals surface area contributed by atoms with Crippen LogP contribution in [0.3, 0.4) is 0 Å². The molecule has 7 rings (SSSR count). The van der Waals surface area contributed by atoms with E-state index in [0.717, 1.165) is 17.1 Å². The van der Waals surface area contributed by atoms with Gasteiger partial charge in [0, 0.05) is 42.6 Å². The van der Waals surface area contributed by atoms with E-state index < -0.39 is 0 Å². The molecule has 0 unspecified atom stereocenters. The molecule has 0 bridgehead atoms. The second-order valence-electron chi connectivity index (χ2n) is 8.11. The molecular weight excluding hydrogens is 408 g/mol. The fraction of sp³-hybridized carbons (Fsp3) is 0. The minimum Gasteiger partial charge on any atom is -0.456 e. The molecule has 32 heavy (non-hydrogen) atoms. The number of hydrogen-bond acceptors (Lipinski definition) is 2. The minimum atomic E-state index is 0.920. The third-order valence-electron chi connectivity index (χ3n) is 6.28. The summed E-state index contributed by atoms with van der Waals surface area (Å²) in [5, 5.41) is 5.01. The third-order valence-corrected chi connectivity index (χ3v) is 7.59. The predicted octanol–water partition coefficient (Wildman–Crippen LogP) is 9.16. The number of rotatable bonds is 2. The first-order valence-corrected chi connectivity index (χ1v) is 11.6. The van der Waals surface area contributed by atoms with E-state index >= 15 is 0 Å². The molecule has 0 amide bonds. The Morgan fingerprint density at radius 3 is 2.09 bits per heavy atom. The molecule has 150 valence electrons. The van der Waals surface area contributed by atoms with Gasteiger partial charge >= 0.3 is 0 Å². The van der Waals surface area contributed by atoms with Gasteiger partial charge < -0.3 is 4.74 Å². The van der Waals surface area contributed by atoms with Crippen molar-refractivity contribution < 1.29 is 4.74 Å². The maximum atomic E-state index is 6.31. The van der Waals surface area contributed by atoms with Gasteiger partial charge in [0.15, 0.2) is 0 Å². The molecule has 1 aliphatic rings. The molecule has 0 spiro atoms. The van der Waals surface area contributed by atoms with Gasteiger partial charge in [0.1, 0.15) is 11.5 Å². The summed E-state index contributed by atoms with van der Waals surface area (Å²) >= 11 is 1.88. The summed E-state index contributed by atoms with van der Waals surface area (Å²) in [6.07, 6.45) is 0. The molecule has 1 nitrogen and oxygen atoms in total. The lowest BCUT2D eigenvalue weighted by atomic mass is 9.89. The first kappa shape index (κ1) is 17.8. The highest BCUT2D eigenvalue weighted by atomic mass is 32.1. The van der Waals surface area contributed by atoms with Crippen LogP contribution in [0.5, 0.6) is 11.5 Å². The Labute approximate surface area is 190 Å². The summed E-state index contributed by atoms with van der Waals surface area (Å²) < 4.78 is 6.31. The molecule has 1 aromatic heterocycles. The van der Waals surface area contributed by atoms with Gasteiger partial charge in [0.2, 0.25) is 0 Å². The van der Waals surface area contributed by atoms with Crippen molar-refractivity contribution in [2.45, 2.75) is 0 Å². The molecule has 2 heteroatoms. The monoisotopic (exact) mass is 426 g/mol. The van der Waals surface area contributed by atoms with Crippen molar-refractivity contribution in [3.63, 3.8) is 0 Å². The summed E-state index contributed by atoms with van der Waals surface area (Å²) in [7, 11) is 0. The second-order valence-corrected chi connectivity index (χ2v) is 9.13. The van der Waals surface area contributed by atoms with Crippen LogP contribution in [0.4, 0.5) is 0 Å². The number of fused-ring (bicyclic) bond motifs is 3. The fourth-order valence-corrected chi connectivity index (χ4v) is 6.19. The average Bonchev–Trinajstić information content (AvgIpc) is 3.24. The van der Waals surface area contributed by atoms with E-state index in [0.29, 0.717) is 0 Å². The summed E-state index contributed by atoms with van der Waals surface area (Å²) in [6.45, 7) is 0. The van der Waals surface area contributed by atoms with Crippen LogP contribution in [0.2, 0.25) is 0 Å². The van der Waals surface area contributed by atoms with Gasteiger partial charge in [-0.1, -0.05) is 97.1 Å². The van der Waals surface area contributed by atoms with E-state index in [1.54, 1.807) is 0 Å². The SMILES string of the molecule is c1ccc(-c2sc(-c3ccc4cccc5c4c3-c3ccccc3O5)c3ccccc23)cc1. The lowest BCUT2D eigenvalue weighted by Crippen LogP contribution is -1.98. The molecule has 5 aromatic carbocycles. The van der Waals surface area contributed by atoms with Gasteiger partial charge in [-0.3, -0.25) is 0 Å². The Hall–Kier alpha value is -3.88. The highest BCUT2D eigenvalue weighted by Gasteiger charge is 2.25. The maximum Gasteiger partial charge on any atom is 0.135 e. The molecule has 6 aromatic rings. The molecule has 0 radical (unpaired) electrons. The van der Waals surface area contributed by atoms with E-state index in [-0.39, 0.29) is 0 Å². The fourth-order valence-electron chi connectivity index (χ4n) is 4.88. The highest BCUT2D eigenvalue weighted by molar-refractivity contribution is 7.21. The molecular formula is C30H18OS. The van der Waals surface area contributed by atoms with Crippen LogP contribution < -0.4 is 4.74 Å². The van der Waals surface area contributed by atoms with Gasteiger partial charge in [-0.2, -0.15) is 0 Å². The van der Waals surface area contributed by atoms with Gasteiger partial charge in [0.25, 0.3) is 0 Å². The molecule has 2 heterocycles. The van der Waals surface area contributed by atoms with Crippen LogP contribution in [0.15, 0.2) is 109 Å². The number of hydrogen-bond donors (Lipinski definition) is 0. The van der Waals surface area contributed by atoms with Gasteiger partial charge in [-0.25, -0.2) is 0 Å². The topological polar surface area (TPSA) is 9.23 Å². The smallest absolute Gasteiger partial charge is 0.135 e. The maximum absolute atomic E-state index is 6.31. The number of para-hydroxylation sites is 1. The van der Waals surface area contributed by atoms with Crippen LogP contribution in [-0.4, -0.2) is 0 Å². The molecule has 0 atom stereocenters. The normalized spacial score (nSPS) is 12.0. The molecule has 0 aliphatic carbocycles. The number of benzene rings is 5.